The van der Waals surface area contributed by atoms with Crippen molar-refractivity contribution in [2.24, 2.45) is 0 Å². The quantitative estimate of drug-likeness (QED) is 0.399. The zero-order valence-corrected chi connectivity index (χ0v) is 11.1. The molecule has 1 fully saturated rings. The fraction of sp³-hybridized carbons (Fsp3) is 0.900. The summed E-state index contributed by atoms with van der Waals surface area (Å²) in [7, 11) is 0. The van der Waals surface area contributed by atoms with Crippen LogP contribution in [0.5, 0.6) is 0 Å². The van der Waals surface area contributed by atoms with Crippen molar-refractivity contribution in [1.29, 1.82) is 0 Å². The van der Waals surface area contributed by atoms with Crippen molar-refractivity contribution in [3.8, 4) is 0 Å². The Morgan fingerprint density at radius 2 is 1.93 bits per heavy atom. The van der Waals surface area contributed by atoms with Crippen LogP contribution >= 0.6 is 0 Å². The topological polar surface area (TPSA) is 52.2 Å². The third-order valence-electron chi connectivity index (χ3n) is 2.60. The maximum Gasteiger partial charge on any atom is 1.00 e. The van der Waals surface area contributed by atoms with Gasteiger partial charge in [-0.2, -0.15) is 0 Å². The molecule has 1 rings (SSSR count). The third-order valence-corrected chi connectivity index (χ3v) is 2.60. The number of carbonyl (C=O) groups is 1. The van der Waals surface area contributed by atoms with Crippen molar-refractivity contribution < 1.29 is 39.5 Å². The first-order valence-electron chi connectivity index (χ1n) is 5.22. The first-order chi connectivity index (χ1) is 6.29. The second kappa shape index (κ2) is 8.72. The Labute approximate surface area is 108 Å². The predicted octanol–water partition coefficient (Wildman–Crippen LogP) is -2.56. The minimum absolute atomic E-state index is 0. The molecule has 1 N–H and O–H groups in total. The minimum atomic E-state index is -0.939. The van der Waals surface area contributed by atoms with Gasteiger partial charge in [-0.05, 0) is 32.2 Å². The molecule has 0 aliphatic heterocycles. The van der Waals surface area contributed by atoms with Crippen molar-refractivity contribution >= 4 is 5.97 Å². The van der Waals surface area contributed by atoms with E-state index in [1.54, 1.807) is 0 Å². The van der Waals surface area contributed by atoms with Crippen molar-refractivity contribution in [3.63, 3.8) is 0 Å². The van der Waals surface area contributed by atoms with Crippen LogP contribution in [0.2, 0.25) is 0 Å². The van der Waals surface area contributed by atoms with Gasteiger partial charge in [-0.25, -0.2) is 0 Å². The Kier molecular flexibility index (Phi) is 8.98. The van der Waals surface area contributed by atoms with Crippen LogP contribution in [-0.4, -0.2) is 18.6 Å². The first-order valence-corrected chi connectivity index (χ1v) is 5.22. The molecule has 1 aliphatic carbocycles. The fourth-order valence-electron chi connectivity index (χ4n) is 1.85. The molecule has 14 heavy (non-hydrogen) atoms. The molecule has 0 bridgehead atoms. The molecule has 0 saturated heterocycles. The maximum absolute atomic E-state index is 10.1. The molecular weight excluding hydrogens is 189 g/mol. The van der Waals surface area contributed by atoms with E-state index in [0.29, 0.717) is 12.5 Å². The normalized spacial score (nSPS) is 17.4. The van der Waals surface area contributed by atoms with Gasteiger partial charge in [0.1, 0.15) is 0 Å². The van der Waals surface area contributed by atoms with Gasteiger partial charge < -0.3 is 15.2 Å². The number of carboxylic acids is 1. The molecule has 4 heteroatoms. The van der Waals surface area contributed by atoms with Crippen LogP contribution in [0.15, 0.2) is 0 Å². The van der Waals surface area contributed by atoms with Crippen molar-refractivity contribution in [1.82, 2.24) is 5.32 Å². The monoisotopic (exact) mass is 207 g/mol. The van der Waals surface area contributed by atoms with E-state index in [1.807, 2.05) is 0 Å². The zero-order chi connectivity index (χ0) is 9.52. The molecule has 0 heterocycles. The van der Waals surface area contributed by atoms with Crippen LogP contribution in [0.1, 0.15) is 44.9 Å². The molecular formula is C10H18NNaO2. The number of carbonyl (C=O) groups excluding carboxylic acids is 1. The number of rotatable bonds is 5. The molecule has 0 atom stereocenters. The Bertz CT molecular complexity index is 158. The molecule has 0 aromatic carbocycles. The summed E-state index contributed by atoms with van der Waals surface area (Å²) < 4.78 is 0. The van der Waals surface area contributed by atoms with E-state index >= 15 is 0 Å². The predicted molar refractivity (Wildman–Crippen MR) is 49.1 cm³/mol. The van der Waals surface area contributed by atoms with Crippen LogP contribution in [0.3, 0.4) is 0 Å². The van der Waals surface area contributed by atoms with Gasteiger partial charge in [-0.15, -0.1) is 0 Å². The Balaban J connectivity index is 0.00000169. The van der Waals surface area contributed by atoms with Gasteiger partial charge in [0, 0.05) is 12.0 Å². The van der Waals surface area contributed by atoms with E-state index < -0.39 is 5.97 Å². The van der Waals surface area contributed by atoms with Gasteiger partial charge in [-0.3, -0.25) is 0 Å². The molecule has 1 saturated carbocycles. The van der Waals surface area contributed by atoms with E-state index in [2.05, 4.69) is 5.32 Å². The van der Waals surface area contributed by atoms with Gasteiger partial charge in [-0.1, -0.05) is 19.3 Å². The largest absolute Gasteiger partial charge is 1.00 e. The van der Waals surface area contributed by atoms with Gasteiger partial charge in [0.15, 0.2) is 0 Å². The molecule has 0 radical (unpaired) electrons. The van der Waals surface area contributed by atoms with E-state index in [-0.39, 0.29) is 36.0 Å². The van der Waals surface area contributed by atoms with Gasteiger partial charge >= 0.3 is 29.6 Å². The number of nitrogens with one attached hydrogen (secondary N) is 1. The first kappa shape index (κ1) is 14.4. The maximum atomic E-state index is 10.1. The summed E-state index contributed by atoms with van der Waals surface area (Å²) >= 11 is 0. The number of hydrogen-bond donors (Lipinski definition) is 1. The Morgan fingerprint density at radius 3 is 2.50 bits per heavy atom. The van der Waals surface area contributed by atoms with Crippen LogP contribution in [-0.2, 0) is 4.79 Å². The smallest absolute Gasteiger partial charge is 0.550 e. The minimum Gasteiger partial charge on any atom is -0.550 e. The molecule has 0 unspecified atom stereocenters. The van der Waals surface area contributed by atoms with Gasteiger partial charge in [0.2, 0.25) is 0 Å². The van der Waals surface area contributed by atoms with Crippen molar-refractivity contribution in [3.05, 3.63) is 0 Å². The molecule has 3 nitrogen and oxygen atoms in total. The van der Waals surface area contributed by atoms with E-state index in [9.17, 15) is 9.90 Å². The molecule has 0 aromatic rings. The van der Waals surface area contributed by atoms with Crippen molar-refractivity contribution in [2.45, 2.75) is 51.0 Å². The summed E-state index contributed by atoms with van der Waals surface area (Å²) in [4.78, 5) is 10.1. The van der Waals surface area contributed by atoms with Gasteiger partial charge in [0.05, 0.1) is 0 Å². The zero-order valence-electron chi connectivity index (χ0n) is 9.05. The van der Waals surface area contributed by atoms with E-state index in [0.717, 1.165) is 6.54 Å². The standard InChI is InChI=1S/C10H19NO2.Na/c12-10(13)7-4-8-11-9-5-2-1-3-6-9;/h9,11H,1-8H2,(H,12,13);/q;+1/p-1. The third kappa shape index (κ3) is 6.82. The van der Waals surface area contributed by atoms with Crippen LogP contribution in [0.4, 0.5) is 0 Å². The van der Waals surface area contributed by atoms with Crippen LogP contribution < -0.4 is 40.0 Å². The molecule has 0 amide bonds. The number of aliphatic carboxylic acids is 1. The molecule has 76 valence electrons. The second-order valence-corrected chi connectivity index (χ2v) is 3.76. The van der Waals surface area contributed by atoms with Crippen molar-refractivity contribution in [2.75, 3.05) is 6.54 Å². The summed E-state index contributed by atoms with van der Waals surface area (Å²) in [5.74, 6) is -0.939. The fourth-order valence-corrected chi connectivity index (χ4v) is 1.85. The average molecular weight is 207 g/mol. The van der Waals surface area contributed by atoms with Crippen LogP contribution in [0, 0.1) is 0 Å². The molecule has 1 aliphatic rings. The SMILES string of the molecule is O=C([O-])CCCNC1CCCCC1.[Na+]. The summed E-state index contributed by atoms with van der Waals surface area (Å²) in [6, 6.07) is 0.635. The summed E-state index contributed by atoms with van der Waals surface area (Å²) in [6.07, 6.45) is 7.38. The summed E-state index contributed by atoms with van der Waals surface area (Å²) in [5, 5.41) is 13.5. The summed E-state index contributed by atoms with van der Waals surface area (Å²) in [5.41, 5.74) is 0. The summed E-state index contributed by atoms with van der Waals surface area (Å²) in [6.45, 7) is 0.818. The number of carboxylic acid groups (broad SMARTS) is 1. The molecule has 0 spiro atoms. The Morgan fingerprint density at radius 1 is 1.29 bits per heavy atom. The van der Waals surface area contributed by atoms with Gasteiger partial charge in [0.25, 0.3) is 0 Å². The number of hydrogen-bond acceptors (Lipinski definition) is 3. The van der Waals surface area contributed by atoms with E-state index in [1.165, 1.54) is 32.1 Å². The average Bonchev–Trinajstić information content (AvgIpc) is 2.14. The van der Waals surface area contributed by atoms with Crippen LogP contribution in [0.25, 0.3) is 0 Å². The second-order valence-electron chi connectivity index (χ2n) is 3.76. The molecule has 0 aromatic heterocycles. The van der Waals surface area contributed by atoms with E-state index in [4.69, 9.17) is 0 Å². The Hall–Kier alpha value is 0.430.